The fourth-order valence-corrected chi connectivity index (χ4v) is 1.97. The Morgan fingerprint density at radius 2 is 1.07 bits per heavy atom. The molecular formula is C23H28N2O2. The zero-order chi connectivity index (χ0) is 20.7. The quantitative estimate of drug-likeness (QED) is 0.393. The van der Waals surface area contributed by atoms with Gasteiger partial charge >= 0.3 is 0 Å². The van der Waals surface area contributed by atoms with Crippen LogP contribution in [0.5, 0.6) is 0 Å². The van der Waals surface area contributed by atoms with E-state index in [0.29, 0.717) is 22.8 Å². The van der Waals surface area contributed by atoms with E-state index < -0.39 is 0 Å². The molecule has 0 atom stereocenters. The molecule has 0 unspecified atom stereocenters. The molecule has 142 valence electrons. The highest BCUT2D eigenvalue weighted by atomic mass is 16.1. The normalized spacial score (nSPS) is 13.6. The zero-order valence-electron chi connectivity index (χ0n) is 16.3. The van der Waals surface area contributed by atoms with Gasteiger partial charge in [0, 0.05) is 0 Å². The average Bonchev–Trinajstić information content (AvgIpc) is 2.64. The molecule has 0 amide bonds. The molecule has 0 aromatic heterocycles. The first-order valence-corrected chi connectivity index (χ1v) is 8.51. The van der Waals surface area contributed by atoms with E-state index in [9.17, 15) is 9.59 Å². The van der Waals surface area contributed by atoms with Crippen LogP contribution in [0.2, 0.25) is 0 Å². The van der Waals surface area contributed by atoms with Gasteiger partial charge in [-0.05, 0) is 57.2 Å². The van der Waals surface area contributed by atoms with E-state index in [1.54, 1.807) is 50.3 Å². The monoisotopic (exact) mass is 364 g/mol. The van der Waals surface area contributed by atoms with Crippen LogP contribution >= 0.6 is 0 Å². The highest BCUT2D eigenvalue weighted by Gasteiger charge is 2.12. The first-order chi connectivity index (χ1) is 13.0. The molecule has 4 heteroatoms. The summed E-state index contributed by atoms with van der Waals surface area (Å²) in [5, 5.41) is 6.12. The van der Waals surface area contributed by atoms with Gasteiger partial charge in [-0.15, -0.1) is 0 Å². The first kappa shape index (κ1) is 23.6. The topological polar surface area (TPSA) is 58.2 Å². The van der Waals surface area contributed by atoms with E-state index in [-0.39, 0.29) is 11.6 Å². The van der Waals surface area contributed by atoms with Crippen molar-refractivity contribution in [2.75, 3.05) is 0 Å². The van der Waals surface area contributed by atoms with Crippen molar-refractivity contribution in [3.05, 3.63) is 109 Å². The number of allylic oxidation sites excluding steroid dienone is 11. The third kappa shape index (κ3) is 8.50. The van der Waals surface area contributed by atoms with E-state index in [2.05, 4.69) is 30.4 Å². The van der Waals surface area contributed by atoms with Crippen molar-refractivity contribution in [1.29, 1.82) is 0 Å². The van der Waals surface area contributed by atoms with Gasteiger partial charge in [-0.3, -0.25) is 9.59 Å². The third-order valence-corrected chi connectivity index (χ3v) is 3.10. The lowest BCUT2D eigenvalue weighted by atomic mass is 10.2. The lowest BCUT2D eigenvalue weighted by Gasteiger charge is -2.16. The maximum Gasteiger partial charge on any atom is 0.201 e. The molecule has 0 bridgehead atoms. The van der Waals surface area contributed by atoms with Crippen molar-refractivity contribution in [2.45, 2.75) is 20.8 Å². The molecule has 0 aliphatic heterocycles. The predicted molar refractivity (Wildman–Crippen MR) is 115 cm³/mol. The molecule has 0 fully saturated rings. The second kappa shape index (κ2) is 13.8. The van der Waals surface area contributed by atoms with Crippen molar-refractivity contribution < 1.29 is 9.59 Å². The van der Waals surface area contributed by atoms with E-state index in [0.717, 1.165) is 0 Å². The van der Waals surface area contributed by atoms with Gasteiger partial charge in [-0.1, -0.05) is 50.1 Å². The van der Waals surface area contributed by atoms with Crippen molar-refractivity contribution >= 4 is 11.6 Å². The van der Waals surface area contributed by atoms with Crippen molar-refractivity contribution in [3.63, 3.8) is 0 Å². The Morgan fingerprint density at radius 1 is 0.667 bits per heavy atom. The summed E-state index contributed by atoms with van der Waals surface area (Å²) in [5.41, 5.74) is 1.77. The Hall–Kier alpha value is -3.40. The summed E-state index contributed by atoms with van der Waals surface area (Å²) < 4.78 is 0. The first-order valence-electron chi connectivity index (χ1n) is 8.51. The van der Waals surface area contributed by atoms with Crippen LogP contribution in [0.4, 0.5) is 0 Å². The summed E-state index contributed by atoms with van der Waals surface area (Å²) in [6.07, 6.45) is 17.6. The van der Waals surface area contributed by atoms with Crippen molar-refractivity contribution in [1.82, 2.24) is 10.6 Å². The highest BCUT2D eigenvalue weighted by molar-refractivity contribution is 6.04. The molecule has 27 heavy (non-hydrogen) atoms. The summed E-state index contributed by atoms with van der Waals surface area (Å²) in [4.78, 5) is 24.5. The van der Waals surface area contributed by atoms with E-state index >= 15 is 0 Å². The summed E-state index contributed by atoms with van der Waals surface area (Å²) in [7, 11) is 0. The van der Waals surface area contributed by atoms with Gasteiger partial charge in [0.1, 0.15) is 0 Å². The lowest BCUT2D eigenvalue weighted by molar-refractivity contribution is -0.112. The minimum absolute atomic E-state index is 0.199. The lowest BCUT2D eigenvalue weighted by Crippen LogP contribution is -2.25. The molecular weight excluding hydrogens is 336 g/mol. The fourth-order valence-electron chi connectivity index (χ4n) is 1.97. The molecule has 0 spiro atoms. The average molecular weight is 364 g/mol. The number of carbonyl (C=O) groups excluding carboxylic acids is 2. The molecule has 0 aliphatic rings. The molecule has 0 saturated carbocycles. The smallest absolute Gasteiger partial charge is 0.201 e. The summed E-state index contributed by atoms with van der Waals surface area (Å²) in [5.74, 6) is -0.405. The van der Waals surface area contributed by atoms with Crippen LogP contribution in [0.25, 0.3) is 0 Å². The molecule has 0 radical (unpaired) electrons. The number of rotatable bonds is 12. The largest absolute Gasteiger partial charge is 0.351 e. The van der Waals surface area contributed by atoms with Crippen LogP contribution in [0.15, 0.2) is 109 Å². The molecule has 0 heterocycles. The molecule has 0 aromatic rings. The van der Waals surface area contributed by atoms with Gasteiger partial charge in [0.15, 0.2) is 0 Å². The Bertz CT molecular complexity index is 757. The molecule has 0 aromatic carbocycles. The second-order valence-corrected chi connectivity index (χ2v) is 5.14. The van der Waals surface area contributed by atoms with Crippen LogP contribution in [0.1, 0.15) is 20.8 Å². The summed E-state index contributed by atoms with van der Waals surface area (Å²) in [6.45, 7) is 16.5. The van der Waals surface area contributed by atoms with Crippen LogP contribution < -0.4 is 10.6 Å². The second-order valence-electron chi connectivity index (χ2n) is 5.14. The van der Waals surface area contributed by atoms with Gasteiger partial charge < -0.3 is 10.6 Å². The van der Waals surface area contributed by atoms with Crippen molar-refractivity contribution in [3.8, 4) is 0 Å². The maximum atomic E-state index is 12.3. The van der Waals surface area contributed by atoms with Gasteiger partial charge in [-0.2, -0.15) is 0 Å². The van der Waals surface area contributed by atoms with Crippen LogP contribution in [-0.4, -0.2) is 11.6 Å². The van der Waals surface area contributed by atoms with Gasteiger partial charge in [0.05, 0.1) is 22.8 Å². The van der Waals surface area contributed by atoms with E-state index in [1.807, 2.05) is 13.0 Å². The highest BCUT2D eigenvalue weighted by Crippen LogP contribution is 2.10. The Kier molecular flexibility index (Phi) is 12.1. The van der Waals surface area contributed by atoms with Crippen LogP contribution in [-0.2, 0) is 9.59 Å². The number of hydrogen-bond donors (Lipinski definition) is 2. The number of carbonyl (C=O) groups is 2. The van der Waals surface area contributed by atoms with E-state index in [4.69, 9.17) is 0 Å². The van der Waals surface area contributed by atoms with Crippen LogP contribution in [0.3, 0.4) is 0 Å². The third-order valence-electron chi connectivity index (χ3n) is 3.10. The Labute approximate surface area is 162 Å². The number of ketones is 2. The van der Waals surface area contributed by atoms with Gasteiger partial charge in [0.2, 0.25) is 11.6 Å². The van der Waals surface area contributed by atoms with Crippen molar-refractivity contribution in [2.24, 2.45) is 0 Å². The fraction of sp³-hybridized carbons (Fsp3) is 0.130. The standard InChI is InChI=1S/C23H28N2O2/c1-7-13-19(25-21(15-9-3)23(27)17-11-5)18(12-6)24-20(14-8-2)22(26)16-10-4/h7-17,24-25H,2-3,6H2,1,4-5H3/b13-7-,16-10-,17-11-,19-18-,20-14+,21-15+. The molecule has 0 rings (SSSR count). The summed E-state index contributed by atoms with van der Waals surface area (Å²) >= 11 is 0. The Balaban J connectivity index is 6.11. The number of hydrogen-bond acceptors (Lipinski definition) is 4. The maximum absolute atomic E-state index is 12.3. The Morgan fingerprint density at radius 3 is 1.41 bits per heavy atom. The molecule has 2 N–H and O–H groups in total. The molecule has 0 saturated heterocycles. The summed E-state index contributed by atoms with van der Waals surface area (Å²) in [6, 6.07) is 0. The zero-order valence-corrected chi connectivity index (χ0v) is 16.3. The molecule has 4 nitrogen and oxygen atoms in total. The van der Waals surface area contributed by atoms with E-state index in [1.165, 1.54) is 24.3 Å². The predicted octanol–water partition coefficient (Wildman–Crippen LogP) is 4.57. The number of nitrogens with one attached hydrogen (secondary N) is 2. The van der Waals surface area contributed by atoms with Gasteiger partial charge in [0.25, 0.3) is 0 Å². The minimum Gasteiger partial charge on any atom is -0.351 e. The SMILES string of the molecule is C=C/C=C(/N/C(C=C)=C(/C=C\C)N/C(=C/C=C)C(=O)/C=C\C)C(=O)/C=C\C. The van der Waals surface area contributed by atoms with Crippen LogP contribution in [0, 0.1) is 0 Å². The van der Waals surface area contributed by atoms with Gasteiger partial charge in [-0.25, -0.2) is 0 Å². The minimum atomic E-state index is -0.205. The molecule has 0 aliphatic carbocycles.